The minimum absolute atomic E-state index is 0.0959. The summed E-state index contributed by atoms with van der Waals surface area (Å²) in [5.41, 5.74) is 3.90. The number of nitrogens with two attached hydrogens (primary N) is 1. The van der Waals surface area contributed by atoms with Gasteiger partial charge in [-0.1, -0.05) is 15.9 Å². The second kappa shape index (κ2) is 4.49. The van der Waals surface area contributed by atoms with Crippen molar-refractivity contribution < 1.29 is 17.2 Å². The predicted molar refractivity (Wildman–Crippen MR) is 79.1 cm³/mol. The van der Waals surface area contributed by atoms with E-state index in [1.165, 1.54) is 12.1 Å². The topological polar surface area (TPSA) is 72.5 Å². The molecule has 3 rings (SSSR count). The summed E-state index contributed by atoms with van der Waals surface area (Å²) >= 11 is 3.18. The van der Waals surface area contributed by atoms with Gasteiger partial charge in [-0.3, -0.25) is 4.99 Å². The number of sulfone groups is 1. The van der Waals surface area contributed by atoms with E-state index in [1.807, 2.05) is 0 Å². The van der Waals surface area contributed by atoms with Gasteiger partial charge in [0.15, 0.2) is 9.84 Å². The van der Waals surface area contributed by atoms with E-state index in [2.05, 4.69) is 20.9 Å². The van der Waals surface area contributed by atoms with Crippen molar-refractivity contribution in [3.8, 4) is 0 Å². The number of nitrogens with zero attached hydrogens (tertiary/aromatic N) is 1. The Labute approximate surface area is 129 Å². The Bertz CT molecular complexity index is 747. The molecule has 0 aromatic heterocycles. The van der Waals surface area contributed by atoms with E-state index in [0.717, 1.165) is 6.07 Å². The fraction of sp³-hybridized carbons (Fsp3) is 0.462. The maximum absolute atomic E-state index is 14.1. The van der Waals surface area contributed by atoms with Gasteiger partial charge in [0.05, 0.1) is 5.75 Å². The second-order valence-corrected chi connectivity index (χ2v) is 8.76. The zero-order valence-electron chi connectivity index (χ0n) is 10.9. The summed E-state index contributed by atoms with van der Waals surface area (Å²) in [4.78, 5) is 4.09. The number of hydrogen-bond acceptors (Lipinski definition) is 4. The van der Waals surface area contributed by atoms with Crippen LogP contribution in [0.3, 0.4) is 0 Å². The summed E-state index contributed by atoms with van der Waals surface area (Å²) in [6.45, 7) is -1.13. The first kappa shape index (κ1) is 14.9. The first-order valence-corrected chi connectivity index (χ1v) is 8.80. The van der Waals surface area contributed by atoms with E-state index in [1.54, 1.807) is 0 Å². The molecule has 1 aromatic carbocycles. The third kappa shape index (κ3) is 2.03. The van der Waals surface area contributed by atoms with Gasteiger partial charge in [-0.05, 0) is 31.0 Å². The third-order valence-electron chi connectivity index (χ3n) is 4.18. The van der Waals surface area contributed by atoms with Crippen molar-refractivity contribution in [2.75, 3.05) is 12.4 Å². The maximum Gasteiger partial charge on any atom is 0.166 e. The average molecular weight is 379 g/mol. The fourth-order valence-electron chi connectivity index (χ4n) is 2.79. The molecule has 0 amide bonds. The van der Waals surface area contributed by atoms with Crippen LogP contribution in [0.1, 0.15) is 18.4 Å². The van der Waals surface area contributed by atoms with Gasteiger partial charge in [0.25, 0.3) is 0 Å². The molecule has 1 fully saturated rings. The molecule has 0 saturated heterocycles. The Balaban J connectivity index is 2.23. The van der Waals surface area contributed by atoms with Gasteiger partial charge in [-0.2, -0.15) is 0 Å². The Kier molecular flexibility index (Phi) is 3.18. The Morgan fingerprint density at radius 3 is 2.57 bits per heavy atom. The SMILES string of the molecule is NC1=N[C@](CF)(c2cc(Br)ccc2F)CS(=O)(=O)C12CC2. The molecule has 4 nitrogen and oxygen atoms in total. The molecular weight excluding hydrogens is 366 g/mol. The summed E-state index contributed by atoms with van der Waals surface area (Å²) in [6, 6.07) is 3.96. The normalized spacial score (nSPS) is 29.2. The molecule has 1 saturated carbocycles. The van der Waals surface area contributed by atoms with Crippen LogP contribution in [0.5, 0.6) is 0 Å². The van der Waals surface area contributed by atoms with Crippen molar-refractivity contribution >= 4 is 31.6 Å². The van der Waals surface area contributed by atoms with Crippen LogP contribution in [-0.2, 0) is 15.4 Å². The largest absolute Gasteiger partial charge is 0.386 e. The van der Waals surface area contributed by atoms with Crippen molar-refractivity contribution in [2.24, 2.45) is 10.7 Å². The van der Waals surface area contributed by atoms with E-state index < -0.39 is 38.4 Å². The van der Waals surface area contributed by atoms with Gasteiger partial charge in [0.1, 0.15) is 28.6 Å². The van der Waals surface area contributed by atoms with Gasteiger partial charge >= 0.3 is 0 Å². The molecule has 1 aromatic rings. The molecule has 1 atom stereocenters. The molecule has 0 unspecified atom stereocenters. The van der Waals surface area contributed by atoms with Gasteiger partial charge in [0, 0.05) is 10.0 Å². The fourth-order valence-corrected chi connectivity index (χ4v) is 5.44. The number of amidine groups is 1. The van der Waals surface area contributed by atoms with Crippen LogP contribution in [0.2, 0.25) is 0 Å². The Morgan fingerprint density at radius 2 is 2.05 bits per heavy atom. The molecule has 0 radical (unpaired) electrons. The lowest BCUT2D eigenvalue weighted by Gasteiger charge is -2.35. The van der Waals surface area contributed by atoms with Crippen molar-refractivity contribution in [3.63, 3.8) is 0 Å². The maximum atomic E-state index is 14.1. The number of halogens is 3. The molecule has 0 bridgehead atoms. The predicted octanol–water partition coefficient (Wildman–Crippen LogP) is 2.07. The molecule has 1 aliphatic carbocycles. The zero-order chi connectivity index (χ0) is 15.5. The van der Waals surface area contributed by atoms with Crippen molar-refractivity contribution in [2.45, 2.75) is 23.1 Å². The minimum atomic E-state index is -3.67. The molecule has 114 valence electrons. The number of aliphatic imine (C=N–C) groups is 1. The standard InChI is InChI=1S/C13H13BrF2N2O2S/c14-8-1-2-10(16)9(5-8)12(6-15)7-21(19,20)13(3-4-13)11(17)18-12/h1-2,5H,3-4,6-7H2,(H2,17,18)/t12-/m0/s1. The van der Waals surface area contributed by atoms with Crippen molar-refractivity contribution in [1.82, 2.24) is 0 Å². The highest BCUT2D eigenvalue weighted by molar-refractivity contribution is 9.10. The molecule has 1 spiro atoms. The summed E-state index contributed by atoms with van der Waals surface area (Å²) in [5, 5.41) is 0. The van der Waals surface area contributed by atoms with E-state index in [4.69, 9.17) is 5.73 Å². The minimum Gasteiger partial charge on any atom is -0.386 e. The third-order valence-corrected chi connectivity index (χ3v) is 7.34. The monoisotopic (exact) mass is 378 g/mol. The number of benzene rings is 1. The highest BCUT2D eigenvalue weighted by atomic mass is 79.9. The summed E-state index contributed by atoms with van der Waals surface area (Å²) < 4.78 is 52.1. The number of hydrogen-bond donors (Lipinski definition) is 1. The lowest BCUT2D eigenvalue weighted by atomic mass is 9.93. The lowest BCUT2D eigenvalue weighted by molar-refractivity contribution is 0.325. The van der Waals surface area contributed by atoms with Gasteiger partial charge in [-0.25, -0.2) is 17.2 Å². The van der Waals surface area contributed by atoms with E-state index in [9.17, 15) is 17.2 Å². The van der Waals surface area contributed by atoms with Crippen LogP contribution in [-0.4, -0.2) is 31.4 Å². The molecule has 2 aliphatic rings. The highest BCUT2D eigenvalue weighted by Gasteiger charge is 2.63. The lowest BCUT2D eigenvalue weighted by Crippen LogP contribution is -2.52. The van der Waals surface area contributed by atoms with Crippen LogP contribution in [0, 0.1) is 5.82 Å². The number of rotatable bonds is 2. The summed E-state index contributed by atoms with van der Waals surface area (Å²) in [7, 11) is -3.67. The van der Waals surface area contributed by atoms with Crippen molar-refractivity contribution in [3.05, 3.63) is 34.1 Å². The smallest absolute Gasteiger partial charge is 0.166 e. The van der Waals surface area contributed by atoms with E-state index in [-0.39, 0.29) is 11.4 Å². The highest BCUT2D eigenvalue weighted by Crippen LogP contribution is 2.50. The first-order chi connectivity index (χ1) is 9.76. The second-order valence-electron chi connectivity index (χ2n) is 5.54. The average Bonchev–Trinajstić information content (AvgIpc) is 3.21. The van der Waals surface area contributed by atoms with Crippen LogP contribution in [0.4, 0.5) is 8.78 Å². The summed E-state index contributed by atoms with van der Waals surface area (Å²) in [5.74, 6) is -1.37. The van der Waals surface area contributed by atoms with E-state index >= 15 is 0 Å². The molecule has 1 aliphatic heterocycles. The van der Waals surface area contributed by atoms with Crippen molar-refractivity contribution in [1.29, 1.82) is 0 Å². The molecule has 8 heteroatoms. The Hall–Kier alpha value is -1.02. The quantitative estimate of drug-likeness (QED) is 0.855. The van der Waals surface area contributed by atoms with E-state index in [0.29, 0.717) is 17.3 Å². The Morgan fingerprint density at radius 1 is 1.38 bits per heavy atom. The number of alkyl halides is 1. The van der Waals surface area contributed by atoms with Crippen LogP contribution in [0.15, 0.2) is 27.7 Å². The van der Waals surface area contributed by atoms with Gasteiger partial charge < -0.3 is 5.73 Å². The van der Waals surface area contributed by atoms with Crippen LogP contribution >= 0.6 is 15.9 Å². The van der Waals surface area contributed by atoms with Crippen LogP contribution < -0.4 is 5.73 Å². The summed E-state index contributed by atoms with van der Waals surface area (Å²) in [6.07, 6.45) is 0.794. The van der Waals surface area contributed by atoms with Gasteiger partial charge in [-0.15, -0.1) is 0 Å². The van der Waals surface area contributed by atoms with Gasteiger partial charge in [0.2, 0.25) is 0 Å². The first-order valence-electron chi connectivity index (χ1n) is 6.36. The zero-order valence-corrected chi connectivity index (χ0v) is 13.3. The van der Waals surface area contributed by atoms with Crippen LogP contribution in [0.25, 0.3) is 0 Å². The molecule has 1 heterocycles. The molecular formula is C13H13BrF2N2O2S. The molecule has 21 heavy (non-hydrogen) atoms. The molecule has 2 N–H and O–H groups in total.